The maximum absolute atomic E-state index is 12.4. The lowest BCUT2D eigenvalue weighted by atomic mass is 10.1. The Morgan fingerprint density at radius 2 is 1.64 bits per heavy atom. The van der Waals surface area contributed by atoms with E-state index in [1.165, 1.54) is 7.11 Å². The number of amides is 1. The second kappa shape index (κ2) is 8.99. The summed E-state index contributed by atoms with van der Waals surface area (Å²) < 4.78 is 4.65. The molecule has 0 spiro atoms. The third-order valence-electron chi connectivity index (χ3n) is 4.05. The molecule has 25 heavy (non-hydrogen) atoms. The number of anilines is 1. The van der Waals surface area contributed by atoms with Crippen LogP contribution in [0.25, 0.3) is 0 Å². The molecule has 0 aliphatic carbocycles. The third kappa shape index (κ3) is 5.16. The molecule has 1 N–H and O–H groups in total. The van der Waals surface area contributed by atoms with Gasteiger partial charge in [0.2, 0.25) is 0 Å². The Hall–Kier alpha value is -2.66. The molecule has 5 heteroatoms. The van der Waals surface area contributed by atoms with E-state index in [0.717, 1.165) is 30.9 Å². The van der Waals surface area contributed by atoms with Crippen molar-refractivity contribution in [2.45, 2.75) is 20.4 Å². The summed E-state index contributed by atoms with van der Waals surface area (Å²) in [6, 6.07) is 14.2. The van der Waals surface area contributed by atoms with Gasteiger partial charge in [0.25, 0.3) is 5.91 Å². The van der Waals surface area contributed by atoms with Crippen molar-refractivity contribution in [1.82, 2.24) is 4.90 Å². The van der Waals surface area contributed by atoms with Crippen LogP contribution in [0.3, 0.4) is 0 Å². The number of carbonyl (C=O) groups excluding carboxylic acids is 2. The van der Waals surface area contributed by atoms with Crippen LogP contribution in [-0.2, 0) is 11.3 Å². The van der Waals surface area contributed by atoms with E-state index in [0.29, 0.717) is 11.1 Å². The summed E-state index contributed by atoms with van der Waals surface area (Å²) in [5, 5.41) is 2.90. The zero-order valence-electron chi connectivity index (χ0n) is 14.9. The Morgan fingerprint density at radius 3 is 2.24 bits per heavy atom. The fourth-order valence-electron chi connectivity index (χ4n) is 2.53. The average molecular weight is 340 g/mol. The van der Waals surface area contributed by atoms with Gasteiger partial charge >= 0.3 is 5.97 Å². The molecule has 1 amide bonds. The van der Waals surface area contributed by atoms with Crippen LogP contribution < -0.4 is 5.32 Å². The Kier molecular flexibility index (Phi) is 6.71. The number of methoxy groups -OCH3 is 1. The molecule has 0 aliphatic rings. The second-order valence-corrected chi connectivity index (χ2v) is 5.68. The maximum atomic E-state index is 12.4. The van der Waals surface area contributed by atoms with E-state index in [2.05, 4.69) is 34.9 Å². The first-order chi connectivity index (χ1) is 12.1. The van der Waals surface area contributed by atoms with Gasteiger partial charge in [-0.25, -0.2) is 4.79 Å². The first-order valence-corrected chi connectivity index (χ1v) is 8.38. The summed E-state index contributed by atoms with van der Waals surface area (Å²) in [4.78, 5) is 26.1. The van der Waals surface area contributed by atoms with Crippen molar-refractivity contribution in [3.63, 3.8) is 0 Å². The highest BCUT2D eigenvalue weighted by Gasteiger charge is 2.10. The van der Waals surface area contributed by atoms with Gasteiger partial charge in [-0.15, -0.1) is 0 Å². The quantitative estimate of drug-likeness (QED) is 0.783. The summed E-state index contributed by atoms with van der Waals surface area (Å²) in [6.07, 6.45) is 0. The zero-order chi connectivity index (χ0) is 18.2. The van der Waals surface area contributed by atoms with Crippen molar-refractivity contribution < 1.29 is 14.3 Å². The number of ether oxygens (including phenoxy) is 1. The van der Waals surface area contributed by atoms with Crippen LogP contribution >= 0.6 is 0 Å². The molecule has 0 fully saturated rings. The van der Waals surface area contributed by atoms with Crippen molar-refractivity contribution in [3.05, 3.63) is 65.2 Å². The van der Waals surface area contributed by atoms with Crippen molar-refractivity contribution >= 4 is 17.6 Å². The smallest absolute Gasteiger partial charge is 0.337 e. The molecule has 0 radical (unpaired) electrons. The number of esters is 1. The number of nitrogens with one attached hydrogen (secondary N) is 1. The van der Waals surface area contributed by atoms with Crippen LogP contribution in [-0.4, -0.2) is 37.0 Å². The molecule has 0 saturated heterocycles. The lowest BCUT2D eigenvalue weighted by molar-refractivity contribution is 0.0600. The van der Waals surface area contributed by atoms with E-state index >= 15 is 0 Å². The molecule has 2 aromatic rings. The Morgan fingerprint density at radius 1 is 1.00 bits per heavy atom. The van der Waals surface area contributed by atoms with Crippen molar-refractivity contribution in [1.29, 1.82) is 0 Å². The van der Waals surface area contributed by atoms with Crippen LogP contribution in [0, 0.1) is 0 Å². The number of rotatable bonds is 7. The number of hydrogen-bond acceptors (Lipinski definition) is 4. The van der Waals surface area contributed by atoms with E-state index < -0.39 is 5.97 Å². The topological polar surface area (TPSA) is 58.6 Å². The molecule has 0 aromatic heterocycles. The van der Waals surface area contributed by atoms with Gasteiger partial charge in [-0.2, -0.15) is 0 Å². The predicted molar refractivity (Wildman–Crippen MR) is 98.8 cm³/mol. The minimum Gasteiger partial charge on any atom is -0.465 e. The largest absolute Gasteiger partial charge is 0.465 e. The van der Waals surface area contributed by atoms with E-state index in [1.54, 1.807) is 24.3 Å². The molecule has 0 aliphatic heterocycles. The molecule has 0 bridgehead atoms. The number of hydrogen-bond donors (Lipinski definition) is 1. The normalized spacial score (nSPS) is 10.6. The SMILES string of the molecule is CCN(CC)Cc1cccc(NC(=O)c2ccc(C(=O)OC)cc2)c1. The minimum absolute atomic E-state index is 0.212. The second-order valence-electron chi connectivity index (χ2n) is 5.68. The van der Waals surface area contributed by atoms with Crippen LogP contribution in [0.2, 0.25) is 0 Å². The average Bonchev–Trinajstić information content (AvgIpc) is 2.65. The molecule has 0 saturated carbocycles. The minimum atomic E-state index is -0.420. The Balaban J connectivity index is 2.06. The summed E-state index contributed by atoms with van der Waals surface area (Å²) in [7, 11) is 1.33. The van der Waals surface area contributed by atoms with Crippen molar-refractivity contribution in [2.24, 2.45) is 0 Å². The highest BCUT2D eigenvalue weighted by molar-refractivity contribution is 6.04. The summed E-state index contributed by atoms with van der Waals surface area (Å²) in [5.74, 6) is -0.632. The molecule has 0 unspecified atom stereocenters. The number of nitrogens with zero attached hydrogens (tertiary/aromatic N) is 1. The third-order valence-corrected chi connectivity index (χ3v) is 4.05. The lowest BCUT2D eigenvalue weighted by Gasteiger charge is -2.18. The van der Waals surface area contributed by atoms with E-state index in [9.17, 15) is 9.59 Å². The van der Waals surface area contributed by atoms with Crippen LogP contribution in [0.4, 0.5) is 5.69 Å². The predicted octanol–water partition coefficient (Wildman–Crippen LogP) is 3.57. The van der Waals surface area contributed by atoms with Crippen molar-refractivity contribution in [3.8, 4) is 0 Å². The summed E-state index contributed by atoms with van der Waals surface area (Å²) >= 11 is 0. The van der Waals surface area contributed by atoms with Crippen LogP contribution in [0.15, 0.2) is 48.5 Å². The van der Waals surface area contributed by atoms with E-state index in [4.69, 9.17) is 0 Å². The molecule has 0 atom stereocenters. The van der Waals surface area contributed by atoms with Gasteiger partial charge in [-0.1, -0.05) is 26.0 Å². The zero-order valence-corrected chi connectivity index (χ0v) is 14.9. The summed E-state index contributed by atoms with van der Waals surface area (Å²) in [6.45, 7) is 7.09. The van der Waals surface area contributed by atoms with E-state index in [-0.39, 0.29) is 5.91 Å². The molecule has 5 nitrogen and oxygen atoms in total. The van der Waals surface area contributed by atoms with Gasteiger partial charge in [-0.3, -0.25) is 9.69 Å². The van der Waals surface area contributed by atoms with Gasteiger partial charge in [-0.05, 0) is 55.1 Å². The molecule has 132 valence electrons. The highest BCUT2D eigenvalue weighted by Crippen LogP contribution is 2.15. The first-order valence-electron chi connectivity index (χ1n) is 8.38. The molecule has 0 heterocycles. The van der Waals surface area contributed by atoms with E-state index in [1.807, 2.05) is 18.2 Å². The lowest BCUT2D eigenvalue weighted by Crippen LogP contribution is -2.22. The van der Waals surface area contributed by atoms with Crippen molar-refractivity contribution in [2.75, 3.05) is 25.5 Å². The number of carbonyl (C=O) groups is 2. The van der Waals surface area contributed by atoms with Crippen LogP contribution in [0.5, 0.6) is 0 Å². The Bertz CT molecular complexity index is 722. The number of benzene rings is 2. The standard InChI is InChI=1S/C20H24N2O3/c1-4-22(5-2)14-15-7-6-8-18(13-15)21-19(23)16-9-11-17(12-10-16)20(24)25-3/h6-13H,4-5,14H2,1-3H3,(H,21,23). The molecule has 2 rings (SSSR count). The first kappa shape index (κ1) is 18.7. The maximum Gasteiger partial charge on any atom is 0.337 e. The van der Waals surface area contributed by atoms with Gasteiger partial charge in [0, 0.05) is 17.8 Å². The van der Waals surface area contributed by atoms with Gasteiger partial charge in [0.15, 0.2) is 0 Å². The fourth-order valence-corrected chi connectivity index (χ4v) is 2.53. The fraction of sp³-hybridized carbons (Fsp3) is 0.300. The molecule has 2 aromatic carbocycles. The molecular weight excluding hydrogens is 316 g/mol. The van der Waals surface area contributed by atoms with Gasteiger partial charge in [0.1, 0.15) is 0 Å². The highest BCUT2D eigenvalue weighted by atomic mass is 16.5. The van der Waals surface area contributed by atoms with Gasteiger partial charge in [0.05, 0.1) is 12.7 Å². The van der Waals surface area contributed by atoms with Gasteiger partial charge < -0.3 is 10.1 Å². The monoisotopic (exact) mass is 340 g/mol. The summed E-state index contributed by atoms with van der Waals surface area (Å²) in [5.41, 5.74) is 2.82. The Labute approximate surface area is 148 Å². The molecular formula is C20H24N2O3. The van der Waals surface area contributed by atoms with Crippen LogP contribution in [0.1, 0.15) is 40.1 Å².